The first-order chi connectivity index (χ1) is 7.10. The quantitative estimate of drug-likeness (QED) is 0.706. The molecule has 0 radical (unpaired) electrons. The maximum atomic E-state index is 11.6. The topological polar surface area (TPSA) is 34.1 Å². The van der Waals surface area contributed by atoms with Gasteiger partial charge in [0.2, 0.25) is 0 Å². The van der Waals surface area contributed by atoms with E-state index in [0.717, 1.165) is 5.56 Å². The maximum absolute atomic E-state index is 11.6. The molecule has 0 fully saturated rings. The molecule has 2 nitrogen and oxygen atoms in total. The minimum absolute atomic E-state index is 0.0835. The number of carbonyl (C=O) groups excluding carboxylic acids is 2. The molecule has 0 amide bonds. The summed E-state index contributed by atoms with van der Waals surface area (Å²) in [5.41, 5.74) is 2.26. The summed E-state index contributed by atoms with van der Waals surface area (Å²) in [5, 5.41) is 0. The van der Waals surface area contributed by atoms with Gasteiger partial charge in [-0.2, -0.15) is 0 Å². The van der Waals surface area contributed by atoms with Crippen LogP contribution in [0.2, 0.25) is 0 Å². The van der Waals surface area contributed by atoms with Crippen molar-refractivity contribution in [3.05, 3.63) is 34.9 Å². The van der Waals surface area contributed by atoms with E-state index in [1.54, 1.807) is 12.1 Å². The van der Waals surface area contributed by atoms with Crippen molar-refractivity contribution < 1.29 is 9.59 Å². The first-order valence-corrected chi connectivity index (χ1v) is 5.27. The highest BCUT2D eigenvalue weighted by Crippen LogP contribution is 2.14. The van der Waals surface area contributed by atoms with E-state index < -0.39 is 0 Å². The zero-order valence-corrected chi connectivity index (χ0v) is 9.46. The molecule has 0 heterocycles. The van der Waals surface area contributed by atoms with Crippen LogP contribution in [0.3, 0.4) is 0 Å². The molecule has 80 valence electrons. The van der Waals surface area contributed by atoms with Crippen LogP contribution in [0.25, 0.3) is 0 Å². The van der Waals surface area contributed by atoms with Crippen LogP contribution in [-0.4, -0.2) is 11.6 Å². The van der Waals surface area contributed by atoms with Gasteiger partial charge in [0.1, 0.15) is 0 Å². The summed E-state index contributed by atoms with van der Waals surface area (Å²) >= 11 is 0. The van der Waals surface area contributed by atoms with E-state index in [2.05, 4.69) is 0 Å². The molecule has 0 unspecified atom stereocenters. The minimum atomic E-state index is 0.0835. The first-order valence-electron chi connectivity index (χ1n) is 5.27. The van der Waals surface area contributed by atoms with E-state index in [1.165, 1.54) is 0 Å². The SMILES string of the molecule is CCC(=O)c1ccc(C)c(C(=O)CC)c1. The Morgan fingerprint density at radius 3 is 2.20 bits per heavy atom. The Kier molecular flexibility index (Phi) is 3.78. The van der Waals surface area contributed by atoms with Crippen molar-refractivity contribution in [2.24, 2.45) is 0 Å². The van der Waals surface area contributed by atoms with Crippen molar-refractivity contribution in [1.29, 1.82) is 0 Å². The van der Waals surface area contributed by atoms with Crippen molar-refractivity contribution in [3.63, 3.8) is 0 Å². The number of hydrogen-bond acceptors (Lipinski definition) is 2. The standard InChI is InChI=1S/C13H16O2/c1-4-12(14)10-7-6-9(3)11(8-10)13(15)5-2/h6-8H,4-5H2,1-3H3. The lowest BCUT2D eigenvalue weighted by atomic mass is 9.98. The second kappa shape index (κ2) is 4.87. The van der Waals surface area contributed by atoms with Gasteiger partial charge >= 0.3 is 0 Å². The smallest absolute Gasteiger partial charge is 0.162 e. The Bertz CT molecular complexity index is 392. The molecule has 0 spiro atoms. The number of rotatable bonds is 4. The molecular formula is C13H16O2. The highest BCUT2D eigenvalue weighted by atomic mass is 16.1. The summed E-state index contributed by atoms with van der Waals surface area (Å²) in [5.74, 6) is 0.179. The van der Waals surface area contributed by atoms with Gasteiger partial charge in [0, 0.05) is 24.0 Å². The molecule has 0 saturated heterocycles. The summed E-state index contributed by atoms with van der Waals surface area (Å²) in [6, 6.07) is 5.34. The van der Waals surface area contributed by atoms with Crippen LogP contribution >= 0.6 is 0 Å². The fourth-order valence-corrected chi connectivity index (χ4v) is 1.49. The van der Waals surface area contributed by atoms with Gasteiger partial charge in [0.25, 0.3) is 0 Å². The summed E-state index contributed by atoms with van der Waals surface area (Å²) in [4.78, 5) is 23.1. The Morgan fingerprint density at radius 2 is 1.67 bits per heavy atom. The third kappa shape index (κ3) is 2.52. The zero-order valence-electron chi connectivity index (χ0n) is 9.46. The molecule has 1 aromatic carbocycles. The minimum Gasteiger partial charge on any atom is -0.294 e. The molecule has 0 aliphatic carbocycles. The van der Waals surface area contributed by atoms with Crippen LogP contribution in [0.5, 0.6) is 0 Å². The molecule has 0 N–H and O–H groups in total. The number of hydrogen-bond donors (Lipinski definition) is 0. The number of carbonyl (C=O) groups is 2. The second-order valence-corrected chi connectivity index (χ2v) is 3.58. The van der Waals surface area contributed by atoms with Gasteiger partial charge in [-0.3, -0.25) is 9.59 Å². The molecule has 0 aliphatic rings. The van der Waals surface area contributed by atoms with Crippen molar-refractivity contribution in [3.8, 4) is 0 Å². The average Bonchev–Trinajstić information content (AvgIpc) is 2.27. The van der Waals surface area contributed by atoms with Crippen LogP contribution in [0.4, 0.5) is 0 Å². The fourth-order valence-electron chi connectivity index (χ4n) is 1.49. The van der Waals surface area contributed by atoms with Gasteiger partial charge in [-0.25, -0.2) is 0 Å². The van der Waals surface area contributed by atoms with E-state index in [-0.39, 0.29) is 11.6 Å². The van der Waals surface area contributed by atoms with Crippen LogP contribution in [0, 0.1) is 6.92 Å². The van der Waals surface area contributed by atoms with Gasteiger partial charge < -0.3 is 0 Å². The van der Waals surface area contributed by atoms with Gasteiger partial charge in [0.15, 0.2) is 11.6 Å². The fraction of sp³-hybridized carbons (Fsp3) is 0.385. The van der Waals surface area contributed by atoms with E-state index in [4.69, 9.17) is 0 Å². The van der Waals surface area contributed by atoms with Crippen molar-refractivity contribution in [1.82, 2.24) is 0 Å². The molecule has 0 saturated carbocycles. The van der Waals surface area contributed by atoms with Gasteiger partial charge in [-0.05, 0) is 18.6 Å². The molecule has 0 atom stereocenters. The van der Waals surface area contributed by atoms with Crippen LogP contribution in [-0.2, 0) is 0 Å². The second-order valence-electron chi connectivity index (χ2n) is 3.58. The molecule has 0 aromatic heterocycles. The van der Waals surface area contributed by atoms with Crippen molar-refractivity contribution >= 4 is 11.6 Å². The Balaban J connectivity index is 3.16. The average molecular weight is 204 g/mol. The monoisotopic (exact) mass is 204 g/mol. The lowest BCUT2D eigenvalue weighted by Gasteiger charge is -2.05. The number of benzene rings is 1. The molecule has 1 aromatic rings. The Labute approximate surface area is 90.3 Å². The highest BCUT2D eigenvalue weighted by Gasteiger charge is 2.10. The maximum Gasteiger partial charge on any atom is 0.162 e. The van der Waals surface area contributed by atoms with Gasteiger partial charge in [-0.15, -0.1) is 0 Å². The van der Waals surface area contributed by atoms with Crippen molar-refractivity contribution in [2.45, 2.75) is 33.6 Å². The molecular weight excluding hydrogens is 188 g/mol. The third-order valence-corrected chi connectivity index (χ3v) is 2.50. The molecule has 2 heteroatoms. The van der Waals surface area contributed by atoms with Gasteiger partial charge in [-0.1, -0.05) is 26.0 Å². The Hall–Kier alpha value is -1.44. The van der Waals surface area contributed by atoms with Crippen LogP contribution in [0.15, 0.2) is 18.2 Å². The predicted octanol–water partition coefficient (Wildman–Crippen LogP) is 3.18. The normalized spacial score (nSPS) is 10.1. The Morgan fingerprint density at radius 1 is 1.07 bits per heavy atom. The van der Waals surface area contributed by atoms with Crippen LogP contribution in [0.1, 0.15) is 53.0 Å². The predicted molar refractivity (Wildman–Crippen MR) is 60.4 cm³/mol. The molecule has 1 rings (SSSR count). The van der Waals surface area contributed by atoms with E-state index in [9.17, 15) is 9.59 Å². The van der Waals surface area contributed by atoms with E-state index >= 15 is 0 Å². The number of aryl methyl sites for hydroxylation is 1. The van der Waals surface area contributed by atoms with E-state index in [0.29, 0.717) is 24.0 Å². The van der Waals surface area contributed by atoms with Crippen molar-refractivity contribution in [2.75, 3.05) is 0 Å². The summed E-state index contributed by atoms with van der Waals surface area (Å²) in [7, 11) is 0. The zero-order chi connectivity index (χ0) is 11.4. The molecule has 0 aliphatic heterocycles. The third-order valence-electron chi connectivity index (χ3n) is 2.50. The first kappa shape index (κ1) is 11.6. The summed E-state index contributed by atoms with van der Waals surface area (Å²) in [6.45, 7) is 5.54. The highest BCUT2D eigenvalue weighted by molar-refractivity contribution is 6.02. The summed E-state index contributed by atoms with van der Waals surface area (Å²) < 4.78 is 0. The number of ketones is 2. The molecule has 0 bridgehead atoms. The van der Waals surface area contributed by atoms with E-state index in [1.807, 2.05) is 26.8 Å². The largest absolute Gasteiger partial charge is 0.294 e. The molecule has 15 heavy (non-hydrogen) atoms. The van der Waals surface area contributed by atoms with Crippen LogP contribution < -0.4 is 0 Å². The lowest BCUT2D eigenvalue weighted by Crippen LogP contribution is -2.04. The lowest BCUT2D eigenvalue weighted by molar-refractivity contribution is 0.0987. The van der Waals surface area contributed by atoms with Gasteiger partial charge in [0.05, 0.1) is 0 Å². The number of Topliss-reactive ketones (excluding diaryl/α,β-unsaturated/α-hetero) is 2. The summed E-state index contributed by atoms with van der Waals surface area (Å²) in [6.07, 6.45) is 0.952.